The van der Waals surface area contributed by atoms with E-state index in [-0.39, 0.29) is 17.1 Å². The van der Waals surface area contributed by atoms with Crippen molar-refractivity contribution in [2.75, 3.05) is 4.90 Å². The SMILES string of the molecule is [Cu].c1n[nH]c(N(c2ncn[nH]2)c2ncn[nH]2)n1. The quantitative estimate of drug-likeness (QED) is 0.552. The molecule has 0 aliphatic carbocycles. The Bertz CT molecular complexity index is 446. The average molecular weight is 282 g/mol. The monoisotopic (exact) mass is 281 g/mol. The van der Waals surface area contributed by atoms with Gasteiger partial charge in [0.15, 0.2) is 0 Å². The summed E-state index contributed by atoms with van der Waals surface area (Å²) in [6.45, 7) is 0. The molecule has 91 valence electrons. The summed E-state index contributed by atoms with van der Waals surface area (Å²) in [4.78, 5) is 13.6. The predicted octanol–water partition coefficient (Wildman–Crippen LogP) is -0.492. The van der Waals surface area contributed by atoms with E-state index in [2.05, 4.69) is 45.5 Å². The van der Waals surface area contributed by atoms with Gasteiger partial charge in [0.25, 0.3) is 0 Å². The number of nitrogens with zero attached hydrogens (tertiary/aromatic N) is 7. The van der Waals surface area contributed by atoms with E-state index >= 15 is 0 Å². The molecule has 3 heterocycles. The summed E-state index contributed by atoms with van der Waals surface area (Å²) in [6, 6.07) is 0. The molecule has 3 N–H and O–H groups in total. The zero-order valence-corrected chi connectivity index (χ0v) is 9.11. The van der Waals surface area contributed by atoms with E-state index < -0.39 is 0 Å². The number of rotatable bonds is 3. The van der Waals surface area contributed by atoms with Crippen molar-refractivity contribution in [3.8, 4) is 0 Å². The fraction of sp³-hybridized carbons (Fsp3) is 0. The van der Waals surface area contributed by atoms with Crippen LogP contribution in [0.25, 0.3) is 0 Å². The van der Waals surface area contributed by atoms with Crippen molar-refractivity contribution in [3.05, 3.63) is 19.0 Å². The molecule has 0 saturated heterocycles. The van der Waals surface area contributed by atoms with Crippen molar-refractivity contribution >= 4 is 17.8 Å². The van der Waals surface area contributed by atoms with E-state index in [0.717, 1.165) is 0 Å². The van der Waals surface area contributed by atoms with Gasteiger partial charge in [0.2, 0.25) is 17.8 Å². The van der Waals surface area contributed by atoms with Crippen LogP contribution in [0, 0.1) is 0 Å². The van der Waals surface area contributed by atoms with Crippen LogP contribution in [0.1, 0.15) is 0 Å². The fourth-order valence-electron chi connectivity index (χ4n) is 1.22. The summed E-state index contributed by atoms with van der Waals surface area (Å²) in [5.74, 6) is 1.36. The van der Waals surface area contributed by atoms with Gasteiger partial charge in [-0.25, -0.2) is 20.2 Å². The van der Waals surface area contributed by atoms with Crippen molar-refractivity contribution in [2.45, 2.75) is 0 Å². The number of aromatic nitrogens is 9. The Balaban J connectivity index is 0.00000108. The summed E-state index contributed by atoms with van der Waals surface area (Å²) in [5.41, 5.74) is 0. The minimum absolute atomic E-state index is 0. The summed E-state index contributed by atoms with van der Waals surface area (Å²) in [5, 5.41) is 19.4. The molecule has 10 nitrogen and oxygen atoms in total. The van der Waals surface area contributed by atoms with Crippen molar-refractivity contribution in [1.29, 1.82) is 0 Å². The molecule has 11 heteroatoms. The first-order valence-electron chi connectivity index (χ1n) is 4.31. The number of hydrogen-bond acceptors (Lipinski definition) is 7. The first kappa shape index (κ1) is 11.2. The molecule has 3 rings (SSSR count). The van der Waals surface area contributed by atoms with Crippen LogP contribution in [0.3, 0.4) is 0 Å². The molecule has 0 aromatic carbocycles. The van der Waals surface area contributed by atoms with Crippen LogP contribution in [0.5, 0.6) is 0 Å². The number of aromatic amines is 3. The maximum Gasteiger partial charge on any atom is 0.235 e. The van der Waals surface area contributed by atoms with E-state index in [1.165, 1.54) is 19.0 Å². The van der Waals surface area contributed by atoms with E-state index in [0.29, 0.717) is 17.8 Å². The second-order valence-electron chi connectivity index (χ2n) is 2.76. The topological polar surface area (TPSA) is 128 Å². The summed E-state index contributed by atoms with van der Waals surface area (Å²) < 4.78 is 0. The standard InChI is InChI=1S/C6H6N10.Cu/c1-7-4(13-10-1)16(5-8-2-11-14-5)6-9-3-12-15-6;/h1-3H,(H,7,10,13)(H,8,11,14)(H,9,12,15);. The molecule has 3 aromatic heterocycles. The maximum absolute atomic E-state index is 4.01. The average Bonchev–Trinajstić information content (AvgIpc) is 3.02. The van der Waals surface area contributed by atoms with Gasteiger partial charge in [-0.2, -0.15) is 30.2 Å². The molecule has 0 saturated carbocycles. The number of hydrogen-bond donors (Lipinski definition) is 3. The molecule has 0 aliphatic heterocycles. The first-order chi connectivity index (χ1) is 7.95. The van der Waals surface area contributed by atoms with Crippen molar-refractivity contribution in [3.63, 3.8) is 0 Å². The Hall–Kier alpha value is -2.26. The van der Waals surface area contributed by atoms with Gasteiger partial charge in [-0.1, -0.05) is 0 Å². The Labute approximate surface area is 105 Å². The first-order valence-corrected chi connectivity index (χ1v) is 4.31. The molecular weight excluding hydrogens is 276 g/mol. The van der Waals surface area contributed by atoms with Crippen LogP contribution in [0.2, 0.25) is 0 Å². The van der Waals surface area contributed by atoms with Crippen LogP contribution in [-0.2, 0) is 17.1 Å². The molecule has 1 radical (unpaired) electrons. The van der Waals surface area contributed by atoms with Crippen molar-refractivity contribution in [2.24, 2.45) is 0 Å². The number of nitrogens with one attached hydrogen (secondary N) is 3. The summed E-state index contributed by atoms with van der Waals surface area (Å²) >= 11 is 0. The summed E-state index contributed by atoms with van der Waals surface area (Å²) in [7, 11) is 0. The summed E-state index contributed by atoms with van der Waals surface area (Å²) in [6.07, 6.45) is 4.15. The largest absolute Gasteiger partial charge is 0.245 e. The van der Waals surface area contributed by atoms with E-state index in [1.807, 2.05) is 0 Å². The van der Waals surface area contributed by atoms with Gasteiger partial charge in [0.1, 0.15) is 19.0 Å². The van der Waals surface area contributed by atoms with Crippen LogP contribution < -0.4 is 4.90 Å². The van der Waals surface area contributed by atoms with Crippen molar-refractivity contribution < 1.29 is 17.1 Å². The smallest absolute Gasteiger partial charge is 0.235 e. The number of H-pyrrole nitrogens is 3. The van der Waals surface area contributed by atoms with Crippen LogP contribution in [0.15, 0.2) is 19.0 Å². The van der Waals surface area contributed by atoms with Gasteiger partial charge in [-0.05, 0) is 0 Å². The zero-order valence-electron chi connectivity index (χ0n) is 8.16. The van der Waals surface area contributed by atoms with Gasteiger partial charge in [0.05, 0.1) is 0 Å². The van der Waals surface area contributed by atoms with Gasteiger partial charge >= 0.3 is 0 Å². The fourth-order valence-corrected chi connectivity index (χ4v) is 1.22. The third-order valence-electron chi connectivity index (χ3n) is 1.84. The maximum atomic E-state index is 4.01. The molecule has 0 aliphatic rings. The van der Waals surface area contributed by atoms with E-state index in [4.69, 9.17) is 0 Å². The molecular formula is C6H6CuN10. The number of anilines is 3. The van der Waals surface area contributed by atoms with Gasteiger partial charge in [0, 0.05) is 17.1 Å². The normalized spacial score (nSPS) is 9.88. The minimum atomic E-state index is 0. The third kappa shape index (κ3) is 2.00. The molecule has 3 aromatic rings. The molecule has 0 bridgehead atoms. The van der Waals surface area contributed by atoms with E-state index in [1.54, 1.807) is 4.90 Å². The molecule has 0 spiro atoms. The van der Waals surface area contributed by atoms with Gasteiger partial charge in [-0.3, -0.25) is 0 Å². The zero-order chi connectivity index (χ0) is 10.8. The Morgan fingerprint density at radius 3 is 1.29 bits per heavy atom. The van der Waals surface area contributed by atoms with Crippen molar-refractivity contribution in [1.82, 2.24) is 45.5 Å². The second-order valence-corrected chi connectivity index (χ2v) is 2.76. The Morgan fingerprint density at radius 2 is 1.06 bits per heavy atom. The third-order valence-corrected chi connectivity index (χ3v) is 1.84. The van der Waals surface area contributed by atoms with Gasteiger partial charge < -0.3 is 0 Å². The molecule has 0 unspecified atom stereocenters. The molecule has 0 atom stereocenters. The minimum Gasteiger partial charge on any atom is -0.245 e. The Kier molecular flexibility index (Phi) is 3.12. The molecule has 0 fully saturated rings. The van der Waals surface area contributed by atoms with Crippen LogP contribution >= 0.6 is 0 Å². The van der Waals surface area contributed by atoms with E-state index in [9.17, 15) is 0 Å². The van der Waals surface area contributed by atoms with Gasteiger partial charge in [-0.15, -0.1) is 0 Å². The Morgan fingerprint density at radius 1 is 0.706 bits per heavy atom. The van der Waals surface area contributed by atoms with Crippen LogP contribution in [-0.4, -0.2) is 45.5 Å². The molecule has 0 amide bonds. The predicted molar refractivity (Wildman–Crippen MR) is 50.9 cm³/mol. The second kappa shape index (κ2) is 4.72. The van der Waals surface area contributed by atoms with Crippen LogP contribution in [0.4, 0.5) is 17.8 Å². The molecule has 17 heavy (non-hydrogen) atoms.